The van der Waals surface area contributed by atoms with Crippen LogP contribution >= 0.6 is 15.9 Å². The van der Waals surface area contributed by atoms with Gasteiger partial charge in [0.25, 0.3) is 0 Å². The number of hydrogen-bond donors (Lipinski definition) is 1. The van der Waals surface area contributed by atoms with E-state index in [1.807, 2.05) is 12.1 Å². The van der Waals surface area contributed by atoms with Crippen LogP contribution < -0.4 is 5.32 Å². The monoisotopic (exact) mass is 279 g/mol. The molecule has 2 rings (SSSR count). The lowest BCUT2D eigenvalue weighted by atomic mass is 10.1. The van der Waals surface area contributed by atoms with Crippen molar-refractivity contribution >= 4 is 15.9 Å². The Hall–Kier alpha value is -1.06. The molecule has 2 aromatic rings. The lowest BCUT2D eigenvalue weighted by molar-refractivity contribution is 0.465. The summed E-state index contributed by atoms with van der Waals surface area (Å²) >= 11 is 3.29. The smallest absolute Gasteiger partial charge is 0.169 e. The number of benzene rings is 1. The number of hydrogen-bond acceptors (Lipinski definition) is 2. The predicted octanol–water partition coefficient (Wildman–Crippen LogP) is 3.64. The number of nitrogens with one attached hydrogen (secondary N) is 1. The standard InChI is InChI=1S/C13H14BrNO/c1-10-4-2-3-5-11(10)8-15-9-12-6-7-13(14)16-12/h2-7,15H,8-9H2,1H3. The molecule has 2 nitrogen and oxygen atoms in total. The van der Waals surface area contributed by atoms with Crippen LogP contribution in [0.15, 0.2) is 45.5 Å². The molecule has 3 heteroatoms. The van der Waals surface area contributed by atoms with Gasteiger partial charge in [-0.25, -0.2) is 0 Å². The summed E-state index contributed by atoms with van der Waals surface area (Å²) < 4.78 is 6.18. The Bertz CT molecular complexity index is 464. The van der Waals surface area contributed by atoms with E-state index in [-0.39, 0.29) is 0 Å². The fourth-order valence-electron chi connectivity index (χ4n) is 1.58. The van der Waals surface area contributed by atoms with Gasteiger partial charge in [-0.3, -0.25) is 0 Å². The molecule has 0 aliphatic carbocycles. The lowest BCUT2D eigenvalue weighted by Gasteiger charge is -2.05. The Kier molecular flexibility index (Phi) is 3.80. The summed E-state index contributed by atoms with van der Waals surface area (Å²) in [6.45, 7) is 3.74. The Morgan fingerprint density at radius 3 is 2.62 bits per heavy atom. The molecule has 1 N–H and O–H groups in total. The summed E-state index contributed by atoms with van der Waals surface area (Å²) in [5.41, 5.74) is 2.64. The first-order chi connectivity index (χ1) is 7.75. The summed E-state index contributed by atoms with van der Waals surface area (Å²) in [6, 6.07) is 12.3. The third-order valence-corrected chi connectivity index (χ3v) is 2.93. The van der Waals surface area contributed by atoms with Gasteiger partial charge in [-0.05, 0) is 46.1 Å². The normalized spacial score (nSPS) is 10.6. The Balaban J connectivity index is 1.87. The largest absolute Gasteiger partial charge is 0.453 e. The molecule has 0 amide bonds. The van der Waals surface area contributed by atoms with Crippen LogP contribution in [0.4, 0.5) is 0 Å². The molecular weight excluding hydrogens is 266 g/mol. The van der Waals surface area contributed by atoms with Crippen LogP contribution in [0, 0.1) is 6.92 Å². The quantitative estimate of drug-likeness (QED) is 0.925. The van der Waals surface area contributed by atoms with E-state index >= 15 is 0 Å². The summed E-state index contributed by atoms with van der Waals surface area (Å²) in [7, 11) is 0. The minimum atomic E-state index is 0.750. The number of aryl methyl sites for hydroxylation is 1. The van der Waals surface area contributed by atoms with Gasteiger partial charge in [0.15, 0.2) is 4.67 Å². The van der Waals surface area contributed by atoms with Crippen molar-refractivity contribution in [2.24, 2.45) is 0 Å². The summed E-state index contributed by atoms with van der Waals surface area (Å²) in [5.74, 6) is 0.945. The van der Waals surface area contributed by atoms with Crippen LogP contribution in [-0.2, 0) is 13.1 Å². The molecule has 1 aromatic heterocycles. The van der Waals surface area contributed by atoms with E-state index in [2.05, 4.69) is 52.4 Å². The minimum absolute atomic E-state index is 0.750. The third-order valence-electron chi connectivity index (χ3n) is 2.50. The summed E-state index contributed by atoms with van der Waals surface area (Å²) in [4.78, 5) is 0. The van der Waals surface area contributed by atoms with Crippen LogP contribution in [0.3, 0.4) is 0 Å². The van der Waals surface area contributed by atoms with Crippen LogP contribution in [-0.4, -0.2) is 0 Å². The van der Waals surface area contributed by atoms with Gasteiger partial charge >= 0.3 is 0 Å². The highest BCUT2D eigenvalue weighted by atomic mass is 79.9. The maximum atomic E-state index is 5.41. The van der Waals surface area contributed by atoms with Gasteiger partial charge in [0, 0.05) is 6.54 Å². The Morgan fingerprint density at radius 2 is 1.94 bits per heavy atom. The second kappa shape index (κ2) is 5.32. The van der Waals surface area contributed by atoms with Crippen molar-refractivity contribution in [3.8, 4) is 0 Å². The molecule has 16 heavy (non-hydrogen) atoms. The van der Waals surface area contributed by atoms with Crippen molar-refractivity contribution in [1.82, 2.24) is 5.32 Å². The zero-order valence-electron chi connectivity index (χ0n) is 9.16. The fraction of sp³-hybridized carbons (Fsp3) is 0.231. The van der Waals surface area contributed by atoms with E-state index in [0.717, 1.165) is 23.5 Å². The highest BCUT2D eigenvalue weighted by Gasteiger charge is 2.00. The van der Waals surface area contributed by atoms with Gasteiger partial charge < -0.3 is 9.73 Å². The van der Waals surface area contributed by atoms with Gasteiger partial charge in [0.2, 0.25) is 0 Å². The number of halogens is 1. The minimum Gasteiger partial charge on any atom is -0.453 e. The first kappa shape index (κ1) is 11.4. The molecule has 0 unspecified atom stereocenters. The average molecular weight is 280 g/mol. The molecule has 0 saturated heterocycles. The van der Waals surface area contributed by atoms with Crippen LogP contribution in [0.2, 0.25) is 0 Å². The zero-order valence-corrected chi connectivity index (χ0v) is 10.8. The lowest BCUT2D eigenvalue weighted by Crippen LogP contribution is -2.12. The van der Waals surface area contributed by atoms with Crippen molar-refractivity contribution in [1.29, 1.82) is 0 Å². The fourth-order valence-corrected chi connectivity index (χ4v) is 1.92. The molecule has 1 heterocycles. The van der Waals surface area contributed by atoms with Crippen molar-refractivity contribution in [2.75, 3.05) is 0 Å². The van der Waals surface area contributed by atoms with E-state index in [0.29, 0.717) is 0 Å². The van der Waals surface area contributed by atoms with Crippen LogP contribution in [0.5, 0.6) is 0 Å². The molecule has 0 atom stereocenters. The molecule has 0 bridgehead atoms. The maximum Gasteiger partial charge on any atom is 0.169 e. The van der Waals surface area contributed by atoms with Gasteiger partial charge in [0.05, 0.1) is 6.54 Å². The van der Waals surface area contributed by atoms with E-state index in [1.165, 1.54) is 11.1 Å². The average Bonchev–Trinajstić information content (AvgIpc) is 2.67. The zero-order chi connectivity index (χ0) is 11.4. The van der Waals surface area contributed by atoms with E-state index in [4.69, 9.17) is 4.42 Å². The van der Waals surface area contributed by atoms with Gasteiger partial charge in [-0.15, -0.1) is 0 Å². The van der Waals surface area contributed by atoms with Crippen molar-refractivity contribution < 1.29 is 4.42 Å². The molecule has 84 valence electrons. The SMILES string of the molecule is Cc1ccccc1CNCc1ccc(Br)o1. The summed E-state index contributed by atoms with van der Waals surface area (Å²) in [5, 5.41) is 3.36. The highest BCUT2D eigenvalue weighted by molar-refractivity contribution is 9.10. The van der Waals surface area contributed by atoms with Crippen molar-refractivity contribution in [3.05, 3.63) is 58.0 Å². The molecule has 0 aliphatic heterocycles. The first-order valence-electron chi connectivity index (χ1n) is 5.25. The topological polar surface area (TPSA) is 25.2 Å². The van der Waals surface area contributed by atoms with E-state index in [9.17, 15) is 0 Å². The highest BCUT2D eigenvalue weighted by Crippen LogP contribution is 2.14. The first-order valence-corrected chi connectivity index (χ1v) is 6.04. The second-order valence-corrected chi connectivity index (χ2v) is 4.52. The van der Waals surface area contributed by atoms with Gasteiger partial charge in [-0.1, -0.05) is 24.3 Å². The van der Waals surface area contributed by atoms with Crippen LogP contribution in [0.1, 0.15) is 16.9 Å². The molecule has 0 spiro atoms. The number of furan rings is 1. The second-order valence-electron chi connectivity index (χ2n) is 3.74. The summed E-state index contributed by atoms with van der Waals surface area (Å²) in [6.07, 6.45) is 0. The van der Waals surface area contributed by atoms with E-state index < -0.39 is 0 Å². The van der Waals surface area contributed by atoms with Gasteiger partial charge in [0.1, 0.15) is 5.76 Å². The van der Waals surface area contributed by atoms with Crippen molar-refractivity contribution in [2.45, 2.75) is 20.0 Å². The van der Waals surface area contributed by atoms with Gasteiger partial charge in [-0.2, -0.15) is 0 Å². The molecule has 0 radical (unpaired) electrons. The molecule has 1 aromatic carbocycles. The molecule has 0 fully saturated rings. The Labute approximate surface area is 104 Å². The number of rotatable bonds is 4. The van der Waals surface area contributed by atoms with E-state index in [1.54, 1.807) is 0 Å². The predicted molar refractivity (Wildman–Crippen MR) is 68.1 cm³/mol. The van der Waals surface area contributed by atoms with Crippen LogP contribution in [0.25, 0.3) is 0 Å². The maximum absolute atomic E-state index is 5.41. The molecule has 0 saturated carbocycles. The molecular formula is C13H14BrNO. The third kappa shape index (κ3) is 2.97. The Morgan fingerprint density at radius 1 is 1.12 bits per heavy atom. The van der Waals surface area contributed by atoms with Crippen molar-refractivity contribution in [3.63, 3.8) is 0 Å². The molecule has 0 aliphatic rings.